The number of imide groups is 1. The largest absolute Gasteiger partial charge is 0.361 e. The van der Waals surface area contributed by atoms with E-state index in [0.717, 1.165) is 0 Å². The van der Waals surface area contributed by atoms with Gasteiger partial charge in [0.2, 0.25) is 0 Å². The summed E-state index contributed by atoms with van der Waals surface area (Å²) in [5.74, 6) is -0.437. The molecule has 2 atom stereocenters. The maximum Gasteiger partial charge on any atom is 0.256 e. The van der Waals surface area contributed by atoms with Gasteiger partial charge < -0.3 is 4.74 Å². The Balaban J connectivity index is 2.23. The predicted molar refractivity (Wildman–Crippen MR) is 58.6 cm³/mol. The Hall–Kier alpha value is -1.16. The van der Waals surface area contributed by atoms with Crippen molar-refractivity contribution in [1.82, 2.24) is 4.90 Å². The molecule has 0 N–H and O–H groups in total. The molecule has 2 rings (SSSR count). The molecule has 0 aliphatic carbocycles. The standard InChI is InChI=1S/C12H17NO3/c1-7-6-9(14)13(10(7)15)8(2)12(5)11(3,4)16-12/h6,8H,1-5H3. The molecule has 2 unspecified atom stereocenters. The van der Waals surface area contributed by atoms with Crippen molar-refractivity contribution >= 4 is 11.8 Å². The van der Waals surface area contributed by atoms with Gasteiger partial charge in [-0.15, -0.1) is 0 Å². The molecule has 16 heavy (non-hydrogen) atoms. The first-order chi connectivity index (χ1) is 7.21. The second-order valence-corrected chi connectivity index (χ2v) is 5.24. The fourth-order valence-corrected chi connectivity index (χ4v) is 2.31. The third kappa shape index (κ3) is 1.26. The van der Waals surface area contributed by atoms with Gasteiger partial charge in [0.05, 0.1) is 11.6 Å². The average molecular weight is 223 g/mol. The highest BCUT2D eigenvalue weighted by Crippen LogP contribution is 2.51. The lowest BCUT2D eigenvalue weighted by Gasteiger charge is -2.27. The number of amides is 2. The predicted octanol–water partition coefficient (Wildman–Crippen LogP) is 1.26. The van der Waals surface area contributed by atoms with Crippen molar-refractivity contribution in [3.05, 3.63) is 11.6 Å². The third-order valence-electron chi connectivity index (χ3n) is 3.94. The summed E-state index contributed by atoms with van der Waals surface area (Å²) >= 11 is 0. The van der Waals surface area contributed by atoms with Crippen molar-refractivity contribution < 1.29 is 14.3 Å². The van der Waals surface area contributed by atoms with Crippen molar-refractivity contribution in [3.8, 4) is 0 Å². The van der Waals surface area contributed by atoms with Crippen LogP contribution in [0.15, 0.2) is 11.6 Å². The van der Waals surface area contributed by atoms with Gasteiger partial charge in [0.15, 0.2) is 0 Å². The molecule has 1 fully saturated rings. The molecule has 0 saturated carbocycles. The number of hydrogen-bond donors (Lipinski definition) is 0. The van der Waals surface area contributed by atoms with E-state index in [2.05, 4.69) is 0 Å². The van der Waals surface area contributed by atoms with Crippen molar-refractivity contribution in [1.29, 1.82) is 0 Å². The molecule has 2 amide bonds. The van der Waals surface area contributed by atoms with E-state index in [1.54, 1.807) is 6.92 Å². The van der Waals surface area contributed by atoms with Gasteiger partial charge in [-0.3, -0.25) is 14.5 Å². The van der Waals surface area contributed by atoms with E-state index in [4.69, 9.17) is 4.74 Å². The monoisotopic (exact) mass is 223 g/mol. The van der Waals surface area contributed by atoms with E-state index in [1.165, 1.54) is 11.0 Å². The number of hydrogen-bond acceptors (Lipinski definition) is 3. The van der Waals surface area contributed by atoms with Crippen LogP contribution < -0.4 is 0 Å². The molecule has 0 radical (unpaired) electrons. The second kappa shape index (κ2) is 2.94. The molecule has 4 nitrogen and oxygen atoms in total. The van der Waals surface area contributed by atoms with Gasteiger partial charge in [-0.05, 0) is 34.6 Å². The molecule has 0 aromatic carbocycles. The minimum Gasteiger partial charge on any atom is -0.361 e. The molecule has 2 heterocycles. The second-order valence-electron chi connectivity index (χ2n) is 5.24. The fraction of sp³-hybridized carbons (Fsp3) is 0.667. The van der Waals surface area contributed by atoms with Crippen LogP contribution in [0.3, 0.4) is 0 Å². The number of ether oxygens (including phenoxy) is 1. The Morgan fingerprint density at radius 1 is 1.31 bits per heavy atom. The van der Waals surface area contributed by atoms with Crippen LogP contribution in [-0.4, -0.2) is 34.0 Å². The first kappa shape index (κ1) is 11.3. The van der Waals surface area contributed by atoms with Gasteiger partial charge in [0, 0.05) is 11.6 Å². The number of carbonyl (C=O) groups is 2. The van der Waals surface area contributed by atoms with Crippen LogP contribution in [0.5, 0.6) is 0 Å². The van der Waals surface area contributed by atoms with E-state index in [-0.39, 0.29) is 23.5 Å². The van der Waals surface area contributed by atoms with Crippen molar-refractivity contribution in [2.24, 2.45) is 0 Å². The van der Waals surface area contributed by atoms with E-state index < -0.39 is 5.60 Å². The van der Waals surface area contributed by atoms with E-state index in [9.17, 15) is 9.59 Å². The van der Waals surface area contributed by atoms with Crippen LogP contribution in [0.1, 0.15) is 34.6 Å². The molecule has 0 bridgehead atoms. The molecule has 0 aromatic heterocycles. The summed E-state index contributed by atoms with van der Waals surface area (Å²) in [6, 6.07) is -0.240. The van der Waals surface area contributed by atoms with Crippen LogP contribution in [-0.2, 0) is 14.3 Å². The van der Waals surface area contributed by atoms with Crippen molar-refractivity contribution in [3.63, 3.8) is 0 Å². The van der Waals surface area contributed by atoms with Crippen LogP contribution >= 0.6 is 0 Å². The first-order valence-corrected chi connectivity index (χ1v) is 5.47. The van der Waals surface area contributed by atoms with Gasteiger partial charge in [-0.1, -0.05) is 0 Å². The summed E-state index contributed by atoms with van der Waals surface area (Å²) in [7, 11) is 0. The summed E-state index contributed by atoms with van der Waals surface area (Å²) < 4.78 is 5.63. The van der Waals surface area contributed by atoms with Crippen LogP contribution in [0.25, 0.3) is 0 Å². The normalized spacial score (nSPS) is 34.1. The van der Waals surface area contributed by atoms with Crippen LogP contribution in [0, 0.1) is 0 Å². The zero-order valence-corrected chi connectivity index (χ0v) is 10.3. The van der Waals surface area contributed by atoms with Gasteiger partial charge in [0.25, 0.3) is 11.8 Å². The zero-order valence-electron chi connectivity index (χ0n) is 10.3. The lowest BCUT2D eigenvalue weighted by molar-refractivity contribution is -0.141. The Labute approximate surface area is 95.2 Å². The lowest BCUT2D eigenvalue weighted by atomic mass is 9.90. The highest BCUT2D eigenvalue weighted by molar-refractivity contribution is 6.16. The fourth-order valence-electron chi connectivity index (χ4n) is 2.31. The molecule has 2 aliphatic heterocycles. The van der Waals surface area contributed by atoms with Crippen molar-refractivity contribution in [2.45, 2.75) is 51.9 Å². The minimum atomic E-state index is -0.434. The molecule has 88 valence electrons. The maximum atomic E-state index is 11.8. The smallest absolute Gasteiger partial charge is 0.256 e. The third-order valence-corrected chi connectivity index (χ3v) is 3.94. The van der Waals surface area contributed by atoms with E-state index in [0.29, 0.717) is 5.57 Å². The van der Waals surface area contributed by atoms with E-state index >= 15 is 0 Å². The van der Waals surface area contributed by atoms with Gasteiger partial charge in [-0.25, -0.2) is 0 Å². The number of nitrogens with zero attached hydrogens (tertiary/aromatic N) is 1. The molecule has 0 aromatic rings. The van der Waals surface area contributed by atoms with Crippen LogP contribution in [0.2, 0.25) is 0 Å². The first-order valence-electron chi connectivity index (χ1n) is 5.47. The van der Waals surface area contributed by atoms with E-state index in [1.807, 2.05) is 27.7 Å². The highest BCUT2D eigenvalue weighted by atomic mass is 16.6. The van der Waals surface area contributed by atoms with Gasteiger partial charge >= 0.3 is 0 Å². The molecule has 2 aliphatic rings. The zero-order chi connectivity index (χ0) is 12.3. The maximum absolute atomic E-state index is 11.8. The Morgan fingerprint density at radius 2 is 1.81 bits per heavy atom. The molecule has 0 spiro atoms. The number of epoxide rings is 1. The quantitative estimate of drug-likeness (QED) is 0.523. The molecule has 4 heteroatoms. The molecular formula is C12H17NO3. The summed E-state index contributed by atoms with van der Waals surface area (Å²) in [4.78, 5) is 24.8. The summed E-state index contributed by atoms with van der Waals surface area (Å²) in [5.41, 5.74) is -0.209. The summed E-state index contributed by atoms with van der Waals surface area (Å²) in [6.45, 7) is 9.39. The number of carbonyl (C=O) groups excluding carboxylic acids is 2. The van der Waals surface area contributed by atoms with Crippen molar-refractivity contribution in [2.75, 3.05) is 0 Å². The minimum absolute atomic E-state index is 0.204. The molecular weight excluding hydrogens is 206 g/mol. The number of rotatable bonds is 2. The molecule has 1 saturated heterocycles. The highest BCUT2D eigenvalue weighted by Gasteiger charge is 2.65. The van der Waals surface area contributed by atoms with Gasteiger partial charge in [0.1, 0.15) is 5.60 Å². The SMILES string of the molecule is CC1=CC(=O)N(C(C)C2(C)OC2(C)C)C1=O. The Kier molecular flexibility index (Phi) is 2.08. The Bertz CT molecular complexity index is 410. The lowest BCUT2D eigenvalue weighted by Crippen LogP contribution is -2.48. The van der Waals surface area contributed by atoms with Crippen LogP contribution in [0.4, 0.5) is 0 Å². The Morgan fingerprint density at radius 3 is 2.12 bits per heavy atom. The summed E-state index contributed by atoms with van der Waals surface area (Å²) in [5, 5.41) is 0. The topological polar surface area (TPSA) is 49.9 Å². The average Bonchev–Trinajstić information content (AvgIpc) is 2.55. The summed E-state index contributed by atoms with van der Waals surface area (Å²) in [6.07, 6.45) is 1.39. The van der Waals surface area contributed by atoms with Gasteiger partial charge in [-0.2, -0.15) is 0 Å².